The topological polar surface area (TPSA) is 82.8 Å². The SMILES string of the molecule is CCOC(=O)C(Cl)(Cc1oc2ccccc2c1C(=O)c1ccccc1)C(=O)OCC. The Morgan fingerprint density at radius 2 is 1.47 bits per heavy atom. The monoisotopic (exact) mass is 428 g/mol. The molecular formula is C23H21ClO6. The van der Waals surface area contributed by atoms with Crippen LogP contribution < -0.4 is 0 Å². The van der Waals surface area contributed by atoms with E-state index in [-0.39, 0.29) is 30.3 Å². The number of carbonyl (C=O) groups excluding carboxylic acids is 3. The molecule has 0 atom stereocenters. The second-order valence-electron chi connectivity index (χ2n) is 6.51. The molecule has 1 heterocycles. The molecule has 0 aliphatic carbocycles. The fourth-order valence-electron chi connectivity index (χ4n) is 3.14. The van der Waals surface area contributed by atoms with Gasteiger partial charge in [0.25, 0.3) is 0 Å². The summed E-state index contributed by atoms with van der Waals surface area (Å²) in [5.41, 5.74) is 1.13. The van der Waals surface area contributed by atoms with Crippen LogP contribution >= 0.6 is 11.6 Å². The molecule has 0 bridgehead atoms. The highest BCUT2D eigenvalue weighted by Crippen LogP contribution is 2.34. The van der Waals surface area contributed by atoms with Crippen molar-refractivity contribution < 1.29 is 28.3 Å². The predicted molar refractivity (Wildman–Crippen MR) is 112 cm³/mol. The number of hydrogen-bond acceptors (Lipinski definition) is 6. The van der Waals surface area contributed by atoms with Crippen molar-refractivity contribution in [3.8, 4) is 0 Å². The lowest BCUT2D eigenvalue weighted by atomic mass is 9.95. The lowest BCUT2D eigenvalue weighted by molar-refractivity contribution is -0.159. The van der Waals surface area contributed by atoms with Crippen LogP contribution in [0.25, 0.3) is 11.0 Å². The maximum absolute atomic E-state index is 13.3. The number of carbonyl (C=O) groups is 3. The van der Waals surface area contributed by atoms with E-state index in [9.17, 15) is 14.4 Å². The molecule has 156 valence electrons. The first-order chi connectivity index (χ1) is 14.4. The third kappa shape index (κ3) is 4.09. The Morgan fingerprint density at radius 1 is 0.900 bits per heavy atom. The fraction of sp³-hybridized carbons (Fsp3) is 0.261. The molecule has 0 aliphatic heterocycles. The smallest absolute Gasteiger partial charge is 0.339 e. The van der Waals surface area contributed by atoms with Crippen LogP contribution in [0.1, 0.15) is 35.5 Å². The Balaban J connectivity index is 2.13. The number of para-hydroxylation sites is 1. The van der Waals surface area contributed by atoms with Crippen LogP contribution in [-0.4, -0.2) is 35.8 Å². The van der Waals surface area contributed by atoms with Crippen molar-refractivity contribution in [2.75, 3.05) is 13.2 Å². The van der Waals surface area contributed by atoms with Crippen LogP contribution in [0.15, 0.2) is 59.0 Å². The zero-order valence-electron chi connectivity index (χ0n) is 16.6. The van der Waals surface area contributed by atoms with E-state index in [1.807, 2.05) is 0 Å². The van der Waals surface area contributed by atoms with E-state index in [0.717, 1.165) is 0 Å². The molecule has 0 unspecified atom stereocenters. The lowest BCUT2D eigenvalue weighted by Gasteiger charge is -2.22. The van der Waals surface area contributed by atoms with Crippen LogP contribution in [0.3, 0.4) is 0 Å². The minimum Gasteiger partial charge on any atom is -0.464 e. The molecule has 0 saturated carbocycles. The molecule has 0 radical (unpaired) electrons. The van der Waals surface area contributed by atoms with Crippen molar-refractivity contribution in [3.63, 3.8) is 0 Å². The van der Waals surface area contributed by atoms with E-state index in [4.69, 9.17) is 25.5 Å². The van der Waals surface area contributed by atoms with Crippen LogP contribution in [0.4, 0.5) is 0 Å². The fourth-order valence-corrected chi connectivity index (χ4v) is 3.37. The first kappa shape index (κ1) is 21.6. The van der Waals surface area contributed by atoms with E-state index in [1.54, 1.807) is 68.4 Å². The van der Waals surface area contributed by atoms with Crippen molar-refractivity contribution in [1.29, 1.82) is 0 Å². The lowest BCUT2D eigenvalue weighted by Crippen LogP contribution is -2.46. The van der Waals surface area contributed by atoms with Crippen molar-refractivity contribution in [2.45, 2.75) is 25.1 Å². The summed E-state index contributed by atoms with van der Waals surface area (Å²) in [5.74, 6) is -2.10. The number of rotatable bonds is 8. The summed E-state index contributed by atoms with van der Waals surface area (Å²) in [6, 6.07) is 15.6. The predicted octanol–water partition coefficient (Wildman–Crippen LogP) is 4.31. The Labute approximate surface area is 178 Å². The minimum atomic E-state index is -2.17. The van der Waals surface area contributed by atoms with Crippen molar-refractivity contribution in [1.82, 2.24) is 0 Å². The maximum Gasteiger partial charge on any atom is 0.339 e. The number of hydrogen-bond donors (Lipinski definition) is 0. The van der Waals surface area contributed by atoms with Gasteiger partial charge in [0, 0.05) is 17.4 Å². The van der Waals surface area contributed by atoms with Crippen LogP contribution in [0.2, 0.25) is 0 Å². The van der Waals surface area contributed by atoms with E-state index >= 15 is 0 Å². The second-order valence-corrected chi connectivity index (χ2v) is 7.16. The summed E-state index contributed by atoms with van der Waals surface area (Å²) in [6.07, 6.45) is -0.394. The molecule has 0 saturated heterocycles. The highest BCUT2D eigenvalue weighted by molar-refractivity contribution is 6.44. The van der Waals surface area contributed by atoms with Gasteiger partial charge in [-0.3, -0.25) is 4.79 Å². The molecule has 3 rings (SSSR count). The van der Waals surface area contributed by atoms with Gasteiger partial charge in [-0.1, -0.05) is 60.1 Å². The minimum absolute atomic E-state index is 0.0304. The van der Waals surface area contributed by atoms with E-state index in [0.29, 0.717) is 16.5 Å². The third-order valence-corrected chi connectivity index (χ3v) is 4.98. The summed E-state index contributed by atoms with van der Waals surface area (Å²) in [5, 5.41) is 0.563. The van der Waals surface area contributed by atoms with Gasteiger partial charge < -0.3 is 13.9 Å². The molecule has 1 aromatic heterocycles. The van der Waals surface area contributed by atoms with E-state index < -0.39 is 23.2 Å². The third-order valence-electron chi connectivity index (χ3n) is 4.53. The summed E-state index contributed by atoms with van der Waals surface area (Å²) < 4.78 is 15.9. The number of halogens is 1. The van der Waals surface area contributed by atoms with Gasteiger partial charge in [0.2, 0.25) is 4.87 Å². The number of ketones is 1. The number of esters is 2. The zero-order chi connectivity index (χ0) is 21.7. The molecular weight excluding hydrogens is 408 g/mol. The standard InChI is InChI=1S/C23H21ClO6/c1-3-28-21(26)23(24,22(27)29-4-2)14-18-19(16-12-8-9-13-17(16)30-18)20(25)15-10-6-5-7-11-15/h5-13H,3-4,14H2,1-2H3. The van der Waals surface area contributed by atoms with Gasteiger partial charge in [-0.05, 0) is 19.9 Å². The zero-order valence-corrected chi connectivity index (χ0v) is 17.4. The van der Waals surface area contributed by atoms with Crippen LogP contribution in [0.5, 0.6) is 0 Å². The normalized spacial score (nSPS) is 11.3. The molecule has 6 nitrogen and oxygen atoms in total. The van der Waals surface area contributed by atoms with E-state index in [1.165, 1.54) is 0 Å². The Bertz CT molecular complexity index is 1050. The molecule has 3 aromatic rings. The molecule has 7 heteroatoms. The Hall–Kier alpha value is -3.12. The molecule has 2 aromatic carbocycles. The van der Waals surface area contributed by atoms with Gasteiger partial charge >= 0.3 is 11.9 Å². The number of alkyl halides is 1. The molecule has 0 N–H and O–H groups in total. The average molecular weight is 429 g/mol. The van der Waals surface area contributed by atoms with E-state index in [2.05, 4.69) is 0 Å². The van der Waals surface area contributed by atoms with Gasteiger partial charge in [0.05, 0.1) is 18.8 Å². The molecule has 0 amide bonds. The summed E-state index contributed by atoms with van der Waals surface area (Å²) in [7, 11) is 0. The maximum atomic E-state index is 13.3. The van der Waals surface area contributed by atoms with Gasteiger partial charge in [0.15, 0.2) is 5.78 Å². The summed E-state index contributed by atoms with van der Waals surface area (Å²) in [6.45, 7) is 3.27. The highest BCUT2D eigenvalue weighted by Gasteiger charge is 2.49. The second kappa shape index (κ2) is 9.13. The number of ether oxygens (including phenoxy) is 2. The Kier molecular flexibility index (Phi) is 6.57. The van der Waals surface area contributed by atoms with Gasteiger partial charge in [-0.25, -0.2) is 9.59 Å². The first-order valence-electron chi connectivity index (χ1n) is 9.55. The quantitative estimate of drug-likeness (QED) is 0.230. The average Bonchev–Trinajstić information content (AvgIpc) is 3.11. The molecule has 0 aliphatic rings. The van der Waals surface area contributed by atoms with Crippen molar-refractivity contribution in [3.05, 3.63) is 71.5 Å². The molecule has 30 heavy (non-hydrogen) atoms. The van der Waals surface area contributed by atoms with Gasteiger partial charge in [-0.15, -0.1) is 0 Å². The van der Waals surface area contributed by atoms with Crippen LogP contribution in [-0.2, 0) is 25.5 Å². The summed E-state index contributed by atoms with van der Waals surface area (Å²) >= 11 is 6.46. The highest BCUT2D eigenvalue weighted by atomic mass is 35.5. The number of fused-ring (bicyclic) bond motifs is 1. The van der Waals surface area contributed by atoms with Gasteiger partial charge in [0.1, 0.15) is 11.3 Å². The Morgan fingerprint density at radius 3 is 2.07 bits per heavy atom. The van der Waals surface area contributed by atoms with Crippen molar-refractivity contribution >= 4 is 40.3 Å². The number of benzene rings is 2. The molecule has 0 spiro atoms. The van der Waals surface area contributed by atoms with Crippen molar-refractivity contribution in [2.24, 2.45) is 0 Å². The first-order valence-corrected chi connectivity index (χ1v) is 9.93. The van der Waals surface area contributed by atoms with Crippen LogP contribution in [0, 0.1) is 0 Å². The number of furan rings is 1. The largest absolute Gasteiger partial charge is 0.464 e. The molecule has 0 fully saturated rings. The summed E-state index contributed by atoms with van der Waals surface area (Å²) in [4.78, 5) is 36.2. The van der Waals surface area contributed by atoms with Gasteiger partial charge in [-0.2, -0.15) is 0 Å².